The highest BCUT2D eigenvalue weighted by Gasteiger charge is 2.36. The van der Waals surface area contributed by atoms with Crippen molar-refractivity contribution in [1.82, 2.24) is 24.7 Å². The predicted octanol–water partition coefficient (Wildman–Crippen LogP) is 2.02. The normalized spacial score (nSPS) is 14.1. The van der Waals surface area contributed by atoms with Gasteiger partial charge in [0.25, 0.3) is 0 Å². The van der Waals surface area contributed by atoms with Crippen LogP contribution in [0.5, 0.6) is 0 Å². The van der Waals surface area contributed by atoms with Crippen molar-refractivity contribution in [2.24, 2.45) is 0 Å². The van der Waals surface area contributed by atoms with E-state index < -0.39 is 29.0 Å². The summed E-state index contributed by atoms with van der Waals surface area (Å²) < 4.78 is 6.54. The number of hydrogen-bond donors (Lipinski definition) is 2. The summed E-state index contributed by atoms with van der Waals surface area (Å²) in [5, 5.41) is 5.21. The van der Waals surface area contributed by atoms with Gasteiger partial charge in [0.05, 0.1) is 5.69 Å². The number of benzene rings is 1. The molecular formula is C25H32N6O6. The van der Waals surface area contributed by atoms with Crippen molar-refractivity contribution in [2.75, 3.05) is 31.5 Å². The van der Waals surface area contributed by atoms with Gasteiger partial charge in [-0.05, 0) is 65.0 Å². The molecule has 2 heterocycles. The van der Waals surface area contributed by atoms with Gasteiger partial charge in [0.15, 0.2) is 0 Å². The van der Waals surface area contributed by atoms with Crippen LogP contribution in [0.15, 0.2) is 41.3 Å². The molecule has 0 saturated carbocycles. The molecule has 1 aliphatic heterocycles. The number of rotatable bonds is 5. The summed E-state index contributed by atoms with van der Waals surface area (Å²) in [6.45, 7) is 9.49. The van der Waals surface area contributed by atoms with Crippen LogP contribution in [0.25, 0.3) is 5.69 Å². The van der Waals surface area contributed by atoms with Gasteiger partial charge < -0.3 is 19.9 Å². The van der Waals surface area contributed by atoms with Crippen molar-refractivity contribution in [3.8, 4) is 5.69 Å². The van der Waals surface area contributed by atoms with E-state index in [4.69, 9.17) is 4.74 Å². The summed E-state index contributed by atoms with van der Waals surface area (Å²) in [7, 11) is 0. The number of piperazine rings is 1. The highest BCUT2D eigenvalue weighted by Crippen LogP contribution is 2.15. The van der Waals surface area contributed by atoms with Gasteiger partial charge in [-0.1, -0.05) is 0 Å². The zero-order valence-corrected chi connectivity index (χ0v) is 21.6. The van der Waals surface area contributed by atoms with E-state index in [0.717, 1.165) is 0 Å². The van der Waals surface area contributed by atoms with Gasteiger partial charge in [-0.25, -0.2) is 14.4 Å². The van der Waals surface area contributed by atoms with Crippen LogP contribution in [0.1, 0.15) is 45.0 Å². The van der Waals surface area contributed by atoms with Crippen LogP contribution in [-0.4, -0.2) is 81.0 Å². The summed E-state index contributed by atoms with van der Waals surface area (Å²) in [5.74, 6) is -0.193. The predicted molar refractivity (Wildman–Crippen MR) is 136 cm³/mol. The molecule has 0 aliphatic carbocycles. The van der Waals surface area contributed by atoms with E-state index in [1.54, 1.807) is 63.8 Å². The lowest BCUT2D eigenvalue weighted by molar-refractivity contribution is -0.138. The second-order valence-corrected chi connectivity index (χ2v) is 10.1. The van der Waals surface area contributed by atoms with Crippen molar-refractivity contribution < 1.29 is 23.9 Å². The highest BCUT2D eigenvalue weighted by molar-refractivity contribution is 5.90. The number of hydrogen-bond acceptors (Lipinski definition) is 7. The lowest BCUT2D eigenvalue weighted by Crippen LogP contribution is -2.60. The minimum atomic E-state index is -1.19. The van der Waals surface area contributed by atoms with Gasteiger partial charge in [0, 0.05) is 37.9 Å². The van der Waals surface area contributed by atoms with E-state index in [2.05, 4.69) is 15.6 Å². The highest BCUT2D eigenvalue weighted by atomic mass is 16.6. The lowest BCUT2D eigenvalue weighted by Gasteiger charge is -2.38. The molecule has 0 spiro atoms. The third kappa shape index (κ3) is 7.15. The number of urea groups is 1. The smallest absolute Gasteiger partial charge is 0.408 e. The van der Waals surface area contributed by atoms with Gasteiger partial charge in [-0.2, -0.15) is 4.98 Å². The molecule has 1 fully saturated rings. The monoisotopic (exact) mass is 512 g/mol. The Morgan fingerprint density at radius 1 is 0.946 bits per heavy atom. The quantitative estimate of drug-likeness (QED) is 0.584. The van der Waals surface area contributed by atoms with Crippen LogP contribution in [0.3, 0.4) is 0 Å². The molecule has 0 atom stereocenters. The number of alkyl carbamates (subject to hydrolysis) is 1. The summed E-state index contributed by atoms with van der Waals surface area (Å²) >= 11 is 0. The largest absolute Gasteiger partial charge is 0.444 e. The second-order valence-electron chi connectivity index (χ2n) is 10.1. The standard InChI is InChI=1S/C25H32N6O6/c1-24(2,3)37-23(36)28-25(4,5)20(33)29-12-14-30(15-13-29)21(34)26-19-10-11-31(22(35)27-19)18-8-6-17(16-32)7-9-18/h6-11,16H,12-15H2,1-5H3,(H,28,36)(H,26,27,34,35). The number of aldehydes is 1. The molecule has 0 bridgehead atoms. The van der Waals surface area contributed by atoms with Crippen LogP contribution < -0.4 is 16.3 Å². The average Bonchev–Trinajstić information content (AvgIpc) is 2.82. The van der Waals surface area contributed by atoms with E-state index in [1.807, 2.05) is 0 Å². The molecule has 1 aliphatic rings. The van der Waals surface area contributed by atoms with Crippen molar-refractivity contribution in [3.63, 3.8) is 0 Å². The maximum atomic E-state index is 13.0. The van der Waals surface area contributed by atoms with Crippen LogP contribution >= 0.6 is 0 Å². The minimum absolute atomic E-state index is 0.0944. The average molecular weight is 513 g/mol. The van der Waals surface area contributed by atoms with Crippen LogP contribution in [0.4, 0.5) is 15.4 Å². The molecule has 1 aromatic heterocycles. The molecule has 3 rings (SSSR count). The topological polar surface area (TPSA) is 143 Å². The molecule has 12 nitrogen and oxygen atoms in total. The fourth-order valence-electron chi connectivity index (χ4n) is 3.69. The van der Waals surface area contributed by atoms with Gasteiger partial charge in [0.1, 0.15) is 23.2 Å². The molecule has 37 heavy (non-hydrogen) atoms. The number of nitrogens with zero attached hydrogens (tertiary/aromatic N) is 4. The van der Waals surface area contributed by atoms with E-state index in [0.29, 0.717) is 17.5 Å². The molecule has 198 valence electrons. The SMILES string of the molecule is CC(C)(C)OC(=O)NC(C)(C)C(=O)N1CCN(C(=O)Nc2ccn(-c3ccc(C=O)cc3)c(=O)n2)CC1. The zero-order chi connectivity index (χ0) is 27.4. The van der Waals surface area contributed by atoms with E-state index in [9.17, 15) is 24.0 Å². The minimum Gasteiger partial charge on any atom is -0.444 e. The molecule has 12 heteroatoms. The molecular weight excluding hydrogens is 480 g/mol. The van der Waals surface area contributed by atoms with E-state index in [-0.39, 0.29) is 37.9 Å². The Labute approximate surface area is 214 Å². The number of anilines is 1. The second kappa shape index (κ2) is 10.8. The Bertz CT molecular complexity index is 1220. The molecule has 0 radical (unpaired) electrons. The van der Waals surface area contributed by atoms with Crippen LogP contribution in [0, 0.1) is 0 Å². The van der Waals surface area contributed by atoms with Crippen molar-refractivity contribution in [1.29, 1.82) is 0 Å². The number of ether oxygens (including phenoxy) is 1. The van der Waals surface area contributed by atoms with Gasteiger partial charge in [0.2, 0.25) is 5.91 Å². The van der Waals surface area contributed by atoms with E-state index >= 15 is 0 Å². The third-order valence-electron chi connectivity index (χ3n) is 5.55. The van der Waals surface area contributed by atoms with Gasteiger partial charge in [-0.15, -0.1) is 0 Å². The van der Waals surface area contributed by atoms with Crippen LogP contribution in [-0.2, 0) is 9.53 Å². The number of nitrogens with one attached hydrogen (secondary N) is 2. The van der Waals surface area contributed by atoms with Crippen molar-refractivity contribution >= 4 is 30.1 Å². The number of carbonyl (C=O) groups excluding carboxylic acids is 4. The van der Waals surface area contributed by atoms with Crippen molar-refractivity contribution in [3.05, 3.63) is 52.6 Å². The van der Waals surface area contributed by atoms with E-state index in [1.165, 1.54) is 21.7 Å². The molecule has 2 aromatic rings. The first-order valence-corrected chi connectivity index (χ1v) is 11.8. The first-order chi connectivity index (χ1) is 17.3. The fraction of sp³-hybridized carbons (Fsp3) is 0.440. The van der Waals surface area contributed by atoms with Gasteiger partial charge in [-0.3, -0.25) is 19.5 Å². The van der Waals surface area contributed by atoms with Crippen molar-refractivity contribution in [2.45, 2.75) is 45.8 Å². The number of aromatic nitrogens is 2. The summed E-state index contributed by atoms with van der Waals surface area (Å²) in [6, 6.07) is 7.47. The number of carbonyl (C=O) groups is 4. The van der Waals surface area contributed by atoms with Crippen LogP contribution in [0.2, 0.25) is 0 Å². The Balaban J connectivity index is 1.55. The Kier molecular flexibility index (Phi) is 7.99. The molecule has 2 N–H and O–H groups in total. The Hall–Kier alpha value is -4.22. The lowest BCUT2D eigenvalue weighted by atomic mass is 10.0. The first kappa shape index (κ1) is 27.4. The maximum Gasteiger partial charge on any atom is 0.408 e. The zero-order valence-electron chi connectivity index (χ0n) is 21.6. The summed E-state index contributed by atoms with van der Waals surface area (Å²) in [6.07, 6.45) is 1.51. The molecule has 1 aromatic carbocycles. The summed E-state index contributed by atoms with van der Waals surface area (Å²) in [5.41, 5.74) is -1.45. The first-order valence-electron chi connectivity index (χ1n) is 11.8. The molecule has 4 amide bonds. The molecule has 1 saturated heterocycles. The Morgan fingerprint density at radius 3 is 2.08 bits per heavy atom. The number of amides is 4. The van der Waals surface area contributed by atoms with Gasteiger partial charge >= 0.3 is 17.8 Å². The Morgan fingerprint density at radius 2 is 1.54 bits per heavy atom. The maximum absolute atomic E-state index is 13.0. The summed E-state index contributed by atoms with van der Waals surface area (Å²) in [4.78, 5) is 68.1. The third-order valence-corrected chi connectivity index (χ3v) is 5.55. The fourth-order valence-corrected chi connectivity index (χ4v) is 3.69. The molecule has 0 unspecified atom stereocenters.